The number of thioether (sulfide) groups is 1. The van der Waals surface area contributed by atoms with Crippen molar-refractivity contribution in [2.45, 2.75) is 52.7 Å². The molecule has 0 N–H and O–H groups in total. The standard InChI is InChI=1S/C21H28O6S/c1-13(8-10-20(24)25-5)7-9-18-19(27-15(3)22)11-17(12-28-16(4)23)14(2)21(18)26-6/h7,11H,8-10,12H2,1-6H3/b13-7+. The Kier molecular flexibility index (Phi) is 9.79. The summed E-state index contributed by atoms with van der Waals surface area (Å²) in [5.74, 6) is 0.846. The topological polar surface area (TPSA) is 78.9 Å². The molecule has 0 amide bonds. The highest BCUT2D eigenvalue weighted by atomic mass is 32.2. The molecule has 0 heterocycles. The molecule has 0 unspecified atom stereocenters. The number of methoxy groups -OCH3 is 2. The van der Waals surface area contributed by atoms with E-state index in [9.17, 15) is 14.4 Å². The van der Waals surface area contributed by atoms with Crippen molar-refractivity contribution in [1.29, 1.82) is 0 Å². The van der Waals surface area contributed by atoms with E-state index in [1.165, 1.54) is 32.7 Å². The highest BCUT2D eigenvalue weighted by Gasteiger charge is 2.18. The van der Waals surface area contributed by atoms with E-state index in [4.69, 9.17) is 9.47 Å². The fourth-order valence-corrected chi connectivity index (χ4v) is 3.32. The van der Waals surface area contributed by atoms with E-state index in [0.29, 0.717) is 36.5 Å². The molecule has 0 aliphatic heterocycles. The van der Waals surface area contributed by atoms with Gasteiger partial charge in [-0.15, -0.1) is 0 Å². The zero-order valence-electron chi connectivity index (χ0n) is 17.3. The number of carbonyl (C=O) groups excluding carboxylic acids is 3. The minimum Gasteiger partial charge on any atom is -0.496 e. The van der Waals surface area contributed by atoms with E-state index in [1.807, 2.05) is 19.9 Å². The number of hydrogen-bond acceptors (Lipinski definition) is 7. The Hall–Kier alpha value is -2.28. The highest BCUT2D eigenvalue weighted by Crippen LogP contribution is 2.37. The molecule has 0 spiro atoms. The molecule has 1 aromatic carbocycles. The van der Waals surface area contributed by atoms with Gasteiger partial charge in [0.1, 0.15) is 11.5 Å². The Bertz CT molecular complexity index is 767. The molecular formula is C21H28O6S. The number of esters is 2. The van der Waals surface area contributed by atoms with E-state index < -0.39 is 5.97 Å². The fraction of sp³-hybridized carbons (Fsp3) is 0.476. The van der Waals surface area contributed by atoms with Crippen LogP contribution in [0, 0.1) is 6.92 Å². The van der Waals surface area contributed by atoms with E-state index in [0.717, 1.165) is 22.3 Å². The molecule has 0 aliphatic rings. The molecule has 0 saturated carbocycles. The first-order valence-electron chi connectivity index (χ1n) is 8.93. The maximum absolute atomic E-state index is 11.6. The molecule has 1 rings (SSSR count). The van der Waals surface area contributed by atoms with Crippen molar-refractivity contribution in [3.63, 3.8) is 0 Å². The number of ether oxygens (including phenoxy) is 3. The van der Waals surface area contributed by atoms with Gasteiger partial charge in [-0.05, 0) is 43.9 Å². The molecule has 0 atom stereocenters. The first-order valence-corrected chi connectivity index (χ1v) is 9.91. The third kappa shape index (κ3) is 7.38. The predicted octanol–water partition coefficient (Wildman–Crippen LogP) is 4.15. The summed E-state index contributed by atoms with van der Waals surface area (Å²) in [7, 11) is 2.94. The van der Waals surface area contributed by atoms with Crippen LogP contribution < -0.4 is 9.47 Å². The first-order chi connectivity index (χ1) is 13.2. The summed E-state index contributed by atoms with van der Waals surface area (Å²) in [5.41, 5.74) is 3.56. The van der Waals surface area contributed by atoms with Crippen molar-refractivity contribution in [2.24, 2.45) is 0 Å². The molecule has 0 aliphatic carbocycles. The Morgan fingerprint density at radius 3 is 2.32 bits per heavy atom. The maximum Gasteiger partial charge on any atom is 0.308 e. The van der Waals surface area contributed by atoms with Gasteiger partial charge < -0.3 is 14.2 Å². The molecule has 0 saturated heterocycles. The second-order valence-corrected chi connectivity index (χ2v) is 7.53. The van der Waals surface area contributed by atoms with Crippen LogP contribution in [0.25, 0.3) is 0 Å². The lowest BCUT2D eigenvalue weighted by Gasteiger charge is -2.18. The maximum atomic E-state index is 11.6. The summed E-state index contributed by atoms with van der Waals surface area (Å²) in [6.45, 7) is 6.72. The monoisotopic (exact) mass is 408 g/mol. The predicted molar refractivity (Wildman–Crippen MR) is 110 cm³/mol. The van der Waals surface area contributed by atoms with Crippen molar-refractivity contribution in [3.05, 3.63) is 34.4 Å². The van der Waals surface area contributed by atoms with Gasteiger partial charge in [0.2, 0.25) is 0 Å². The SMILES string of the molecule is COC(=O)CC/C(C)=C/Cc1c(OC(C)=O)cc(CSC(C)=O)c(C)c1OC. The van der Waals surface area contributed by atoms with Gasteiger partial charge in [0.05, 0.1) is 14.2 Å². The highest BCUT2D eigenvalue weighted by molar-refractivity contribution is 8.12. The lowest BCUT2D eigenvalue weighted by molar-refractivity contribution is -0.140. The Balaban J connectivity index is 3.22. The molecule has 28 heavy (non-hydrogen) atoms. The van der Waals surface area contributed by atoms with E-state index in [2.05, 4.69) is 4.74 Å². The molecule has 154 valence electrons. The second-order valence-electron chi connectivity index (χ2n) is 6.38. The van der Waals surface area contributed by atoms with Crippen LogP contribution in [-0.2, 0) is 31.3 Å². The van der Waals surface area contributed by atoms with Crippen LogP contribution >= 0.6 is 11.8 Å². The molecule has 1 aromatic rings. The van der Waals surface area contributed by atoms with Crippen LogP contribution in [0.1, 0.15) is 50.3 Å². The van der Waals surface area contributed by atoms with Gasteiger partial charge >= 0.3 is 11.9 Å². The van der Waals surface area contributed by atoms with Gasteiger partial charge in [-0.25, -0.2) is 0 Å². The quantitative estimate of drug-likeness (QED) is 0.345. The summed E-state index contributed by atoms with van der Waals surface area (Å²) in [6, 6.07) is 1.79. The van der Waals surface area contributed by atoms with Crippen molar-refractivity contribution in [3.8, 4) is 11.5 Å². The molecule has 7 heteroatoms. The lowest BCUT2D eigenvalue weighted by Crippen LogP contribution is -2.08. The van der Waals surface area contributed by atoms with Crippen molar-refractivity contribution >= 4 is 28.8 Å². The zero-order valence-corrected chi connectivity index (χ0v) is 18.2. The second kappa shape index (κ2) is 11.5. The largest absolute Gasteiger partial charge is 0.496 e. The Morgan fingerprint density at radius 2 is 1.79 bits per heavy atom. The van der Waals surface area contributed by atoms with Gasteiger partial charge in [-0.3, -0.25) is 14.4 Å². The minimum absolute atomic E-state index is 0.0145. The number of benzene rings is 1. The number of carbonyl (C=O) groups is 3. The van der Waals surface area contributed by atoms with Crippen LogP contribution in [0.5, 0.6) is 11.5 Å². The molecule has 6 nitrogen and oxygen atoms in total. The van der Waals surface area contributed by atoms with E-state index in [1.54, 1.807) is 13.2 Å². The van der Waals surface area contributed by atoms with E-state index >= 15 is 0 Å². The number of rotatable bonds is 9. The van der Waals surface area contributed by atoms with Crippen molar-refractivity contribution < 1.29 is 28.6 Å². The third-order valence-corrected chi connectivity index (χ3v) is 5.06. The van der Waals surface area contributed by atoms with Gasteiger partial charge in [0, 0.05) is 31.6 Å². The van der Waals surface area contributed by atoms with Crippen molar-refractivity contribution in [2.75, 3.05) is 14.2 Å². The number of hydrogen-bond donors (Lipinski definition) is 0. The summed E-state index contributed by atoms with van der Waals surface area (Å²) in [5, 5.41) is 0.0145. The Labute approximate surface area is 170 Å². The Morgan fingerprint density at radius 1 is 1.11 bits per heavy atom. The minimum atomic E-state index is -0.427. The van der Waals surface area contributed by atoms with Gasteiger partial charge in [0.25, 0.3) is 0 Å². The van der Waals surface area contributed by atoms with Gasteiger partial charge in [-0.2, -0.15) is 0 Å². The smallest absolute Gasteiger partial charge is 0.308 e. The van der Waals surface area contributed by atoms with Crippen LogP contribution in [0.3, 0.4) is 0 Å². The molecule has 0 radical (unpaired) electrons. The van der Waals surface area contributed by atoms with Crippen LogP contribution in [-0.4, -0.2) is 31.3 Å². The van der Waals surface area contributed by atoms with Crippen LogP contribution in [0.4, 0.5) is 0 Å². The summed E-state index contributed by atoms with van der Waals surface area (Å²) < 4.78 is 15.7. The van der Waals surface area contributed by atoms with Gasteiger partial charge in [0.15, 0.2) is 5.12 Å². The average molecular weight is 409 g/mol. The normalized spacial score (nSPS) is 11.1. The fourth-order valence-electron chi connectivity index (χ4n) is 2.66. The zero-order chi connectivity index (χ0) is 21.3. The average Bonchev–Trinajstić information content (AvgIpc) is 2.64. The molecular weight excluding hydrogens is 380 g/mol. The summed E-state index contributed by atoms with van der Waals surface area (Å²) >= 11 is 1.19. The summed E-state index contributed by atoms with van der Waals surface area (Å²) in [4.78, 5) is 34.2. The summed E-state index contributed by atoms with van der Waals surface area (Å²) in [6.07, 6.45) is 3.37. The lowest BCUT2D eigenvalue weighted by atomic mass is 9.99. The molecule has 0 aromatic heterocycles. The van der Waals surface area contributed by atoms with Crippen molar-refractivity contribution in [1.82, 2.24) is 0 Å². The van der Waals surface area contributed by atoms with E-state index in [-0.39, 0.29) is 11.1 Å². The van der Waals surface area contributed by atoms with Crippen LogP contribution in [0.15, 0.2) is 17.7 Å². The first kappa shape index (κ1) is 23.8. The molecule has 0 bridgehead atoms. The van der Waals surface area contributed by atoms with Gasteiger partial charge in [-0.1, -0.05) is 23.4 Å². The third-order valence-electron chi connectivity index (χ3n) is 4.19. The van der Waals surface area contributed by atoms with Crippen LogP contribution in [0.2, 0.25) is 0 Å². The number of allylic oxidation sites excluding steroid dienone is 2. The molecule has 0 fully saturated rings.